The first-order valence-electron chi connectivity index (χ1n) is 11.1. The number of amides is 2. The maximum Gasteiger partial charge on any atom is 0.243 e. The summed E-state index contributed by atoms with van der Waals surface area (Å²) in [4.78, 5) is 34.4. The molecule has 168 valence electrons. The molecule has 32 heavy (non-hydrogen) atoms. The largest absolute Gasteiger partial charge is 0.336 e. The molecule has 1 unspecified atom stereocenters. The van der Waals surface area contributed by atoms with Gasteiger partial charge < -0.3 is 14.4 Å². The van der Waals surface area contributed by atoms with E-state index in [-0.39, 0.29) is 42.2 Å². The van der Waals surface area contributed by atoms with Crippen molar-refractivity contribution in [1.29, 1.82) is 0 Å². The predicted molar refractivity (Wildman–Crippen MR) is 123 cm³/mol. The highest BCUT2D eigenvalue weighted by Crippen LogP contribution is 2.33. The van der Waals surface area contributed by atoms with E-state index in [1.807, 2.05) is 61.4 Å². The maximum absolute atomic E-state index is 13.3. The van der Waals surface area contributed by atoms with Crippen LogP contribution in [0, 0.1) is 5.82 Å². The molecule has 1 atom stereocenters. The molecule has 0 spiro atoms. The minimum Gasteiger partial charge on any atom is -0.336 e. The number of carbonyl (C=O) groups excluding carboxylic acids is 2. The van der Waals surface area contributed by atoms with Crippen molar-refractivity contribution in [3.8, 4) is 0 Å². The summed E-state index contributed by atoms with van der Waals surface area (Å²) in [7, 11) is 0. The molecule has 1 aromatic heterocycles. The van der Waals surface area contributed by atoms with E-state index in [4.69, 9.17) is 4.98 Å². The Kier molecular flexibility index (Phi) is 6.00. The molecule has 0 bridgehead atoms. The molecule has 2 amide bonds. The third-order valence-corrected chi connectivity index (χ3v) is 6.01. The van der Waals surface area contributed by atoms with E-state index in [9.17, 15) is 14.0 Å². The Labute approximate surface area is 187 Å². The van der Waals surface area contributed by atoms with Crippen LogP contribution in [-0.4, -0.2) is 44.9 Å². The number of nitrogens with zero attached hydrogens (tertiary/aromatic N) is 4. The maximum atomic E-state index is 13.3. The molecule has 1 fully saturated rings. The second-order valence-corrected chi connectivity index (χ2v) is 8.92. The molecule has 1 saturated heterocycles. The van der Waals surface area contributed by atoms with E-state index in [0.29, 0.717) is 18.7 Å². The molecule has 4 rings (SSSR count). The molecule has 1 aliphatic rings. The lowest BCUT2D eigenvalue weighted by Gasteiger charge is -2.31. The number of benzene rings is 2. The SMILES string of the molecule is CC(C)N(C(=O)Cn1c(C2CC(=O)N(c3ccc(F)cc3)C2)nc2ccccc21)C(C)C. The fraction of sp³-hybridized carbons (Fsp3) is 0.400. The van der Waals surface area contributed by atoms with Crippen molar-refractivity contribution >= 4 is 28.5 Å². The van der Waals surface area contributed by atoms with Crippen molar-refractivity contribution in [2.45, 2.75) is 58.7 Å². The van der Waals surface area contributed by atoms with Gasteiger partial charge in [-0.3, -0.25) is 9.59 Å². The number of imidazole rings is 1. The molecule has 0 radical (unpaired) electrons. The van der Waals surface area contributed by atoms with Crippen LogP contribution < -0.4 is 4.90 Å². The van der Waals surface area contributed by atoms with Gasteiger partial charge in [-0.05, 0) is 64.1 Å². The monoisotopic (exact) mass is 436 g/mol. The third-order valence-electron chi connectivity index (χ3n) is 6.01. The molecule has 3 aromatic rings. The van der Waals surface area contributed by atoms with Crippen molar-refractivity contribution in [2.24, 2.45) is 0 Å². The average Bonchev–Trinajstić information content (AvgIpc) is 3.29. The Morgan fingerprint density at radius 2 is 1.75 bits per heavy atom. The summed E-state index contributed by atoms with van der Waals surface area (Å²) in [5.74, 6) is 0.248. The minimum atomic E-state index is -0.336. The van der Waals surface area contributed by atoms with Gasteiger partial charge in [-0.25, -0.2) is 9.37 Å². The van der Waals surface area contributed by atoms with Gasteiger partial charge >= 0.3 is 0 Å². The lowest BCUT2D eigenvalue weighted by molar-refractivity contribution is -0.135. The Hall–Kier alpha value is -3.22. The topological polar surface area (TPSA) is 58.4 Å². The number of aromatic nitrogens is 2. The van der Waals surface area contributed by atoms with Crippen LogP contribution in [0.3, 0.4) is 0 Å². The zero-order chi connectivity index (χ0) is 23.0. The van der Waals surface area contributed by atoms with Crippen LogP contribution in [0.2, 0.25) is 0 Å². The van der Waals surface area contributed by atoms with E-state index in [1.165, 1.54) is 12.1 Å². The van der Waals surface area contributed by atoms with Gasteiger partial charge in [0.05, 0.1) is 11.0 Å². The summed E-state index contributed by atoms with van der Waals surface area (Å²) in [6, 6.07) is 13.9. The third kappa shape index (κ3) is 4.11. The van der Waals surface area contributed by atoms with Crippen LogP contribution in [0.5, 0.6) is 0 Å². The minimum absolute atomic E-state index is 0.0270. The zero-order valence-electron chi connectivity index (χ0n) is 19.0. The van der Waals surface area contributed by atoms with E-state index in [2.05, 4.69) is 0 Å². The highest BCUT2D eigenvalue weighted by Gasteiger charge is 2.35. The van der Waals surface area contributed by atoms with Gasteiger partial charge in [-0.2, -0.15) is 0 Å². The predicted octanol–water partition coefficient (Wildman–Crippen LogP) is 4.34. The first-order chi connectivity index (χ1) is 15.3. The van der Waals surface area contributed by atoms with E-state index >= 15 is 0 Å². The zero-order valence-corrected chi connectivity index (χ0v) is 19.0. The van der Waals surface area contributed by atoms with Gasteiger partial charge in [0, 0.05) is 36.7 Å². The summed E-state index contributed by atoms with van der Waals surface area (Å²) in [5, 5.41) is 0. The Balaban J connectivity index is 1.68. The van der Waals surface area contributed by atoms with Gasteiger partial charge in [0.1, 0.15) is 18.2 Å². The summed E-state index contributed by atoms with van der Waals surface area (Å²) >= 11 is 0. The molecule has 0 saturated carbocycles. The van der Waals surface area contributed by atoms with E-state index in [1.54, 1.807) is 17.0 Å². The molecule has 1 aliphatic heterocycles. The van der Waals surface area contributed by atoms with Crippen LogP contribution in [0.15, 0.2) is 48.5 Å². The Bertz CT molecular complexity index is 1130. The molecular formula is C25H29FN4O2. The number of carbonyl (C=O) groups is 2. The average molecular weight is 437 g/mol. The Morgan fingerprint density at radius 3 is 2.41 bits per heavy atom. The summed E-state index contributed by atoms with van der Waals surface area (Å²) in [5.41, 5.74) is 2.36. The molecule has 7 heteroatoms. The van der Waals surface area contributed by atoms with Crippen molar-refractivity contribution in [2.75, 3.05) is 11.4 Å². The number of hydrogen-bond acceptors (Lipinski definition) is 3. The quantitative estimate of drug-likeness (QED) is 0.578. The molecule has 2 heterocycles. The molecule has 0 aliphatic carbocycles. The van der Waals surface area contributed by atoms with Crippen LogP contribution in [0.25, 0.3) is 11.0 Å². The van der Waals surface area contributed by atoms with Crippen molar-refractivity contribution in [1.82, 2.24) is 14.5 Å². The summed E-state index contributed by atoms with van der Waals surface area (Å²) in [6.07, 6.45) is 0.299. The number of hydrogen-bond donors (Lipinski definition) is 0. The highest BCUT2D eigenvalue weighted by molar-refractivity contribution is 5.96. The number of para-hydroxylation sites is 2. The first kappa shape index (κ1) is 22.0. The highest BCUT2D eigenvalue weighted by atomic mass is 19.1. The van der Waals surface area contributed by atoms with E-state index in [0.717, 1.165) is 16.9 Å². The smallest absolute Gasteiger partial charge is 0.243 e. The van der Waals surface area contributed by atoms with Crippen LogP contribution >= 0.6 is 0 Å². The van der Waals surface area contributed by atoms with E-state index < -0.39 is 0 Å². The first-order valence-corrected chi connectivity index (χ1v) is 11.1. The fourth-order valence-corrected chi connectivity index (χ4v) is 4.71. The number of rotatable bonds is 6. The van der Waals surface area contributed by atoms with Crippen molar-refractivity contribution in [3.05, 3.63) is 60.2 Å². The van der Waals surface area contributed by atoms with Crippen LogP contribution in [-0.2, 0) is 16.1 Å². The molecule has 2 aromatic carbocycles. The lowest BCUT2D eigenvalue weighted by atomic mass is 10.1. The second kappa shape index (κ2) is 8.73. The van der Waals surface area contributed by atoms with Gasteiger partial charge in [-0.1, -0.05) is 12.1 Å². The van der Waals surface area contributed by atoms with Gasteiger partial charge in [0.25, 0.3) is 0 Å². The van der Waals surface area contributed by atoms with Crippen molar-refractivity contribution < 1.29 is 14.0 Å². The molecule has 0 N–H and O–H groups in total. The summed E-state index contributed by atoms with van der Waals surface area (Å²) in [6.45, 7) is 8.68. The molecular weight excluding hydrogens is 407 g/mol. The van der Waals surface area contributed by atoms with Crippen LogP contribution in [0.1, 0.15) is 45.9 Å². The normalized spacial score (nSPS) is 16.5. The van der Waals surface area contributed by atoms with Gasteiger partial charge in [0.2, 0.25) is 11.8 Å². The lowest BCUT2D eigenvalue weighted by Crippen LogP contribution is -2.44. The molecule has 6 nitrogen and oxygen atoms in total. The second-order valence-electron chi connectivity index (χ2n) is 8.92. The standard InChI is InChI=1S/C25H29FN4O2/c1-16(2)30(17(3)4)24(32)15-29-22-8-6-5-7-21(22)27-25(29)18-13-23(31)28(14-18)20-11-9-19(26)10-12-20/h5-12,16-18H,13-15H2,1-4H3. The number of halogens is 1. The number of anilines is 1. The summed E-state index contributed by atoms with van der Waals surface area (Å²) < 4.78 is 15.3. The van der Waals surface area contributed by atoms with Gasteiger partial charge in [-0.15, -0.1) is 0 Å². The number of fused-ring (bicyclic) bond motifs is 1. The van der Waals surface area contributed by atoms with Gasteiger partial charge in [0.15, 0.2) is 0 Å². The fourth-order valence-electron chi connectivity index (χ4n) is 4.71. The Morgan fingerprint density at radius 1 is 1.09 bits per heavy atom. The van der Waals surface area contributed by atoms with Crippen LogP contribution in [0.4, 0.5) is 10.1 Å². The van der Waals surface area contributed by atoms with Crippen molar-refractivity contribution in [3.63, 3.8) is 0 Å².